The number of carbonyl (C=O) groups is 2. The van der Waals surface area contributed by atoms with E-state index in [0.29, 0.717) is 16.8 Å². The lowest BCUT2D eigenvalue weighted by atomic mass is 9.92. The van der Waals surface area contributed by atoms with E-state index >= 15 is 0 Å². The summed E-state index contributed by atoms with van der Waals surface area (Å²) < 4.78 is 2.95. The molecule has 1 fully saturated rings. The molecule has 0 aliphatic carbocycles. The van der Waals surface area contributed by atoms with Gasteiger partial charge >= 0.3 is 0 Å². The number of carbonyl (C=O) groups excluding carboxylic acids is 2. The van der Waals surface area contributed by atoms with E-state index in [0.717, 1.165) is 86.9 Å². The van der Waals surface area contributed by atoms with Crippen molar-refractivity contribution in [1.29, 1.82) is 0 Å². The van der Waals surface area contributed by atoms with Gasteiger partial charge in [0, 0.05) is 65.5 Å². The van der Waals surface area contributed by atoms with Gasteiger partial charge in [0.05, 0.1) is 27.2 Å². The number of piperazine rings is 1. The highest BCUT2D eigenvalue weighted by atomic mass is 32.1. The smallest absolute Gasteiger partial charge is 0.265 e. The van der Waals surface area contributed by atoms with E-state index in [2.05, 4.69) is 22.8 Å². The lowest BCUT2D eigenvalue weighted by Gasteiger charge is -2.37. The van der Waals surface area contributed by atoms with Crippen LogP contribution in [0.4, 0.5) is 11.4 Å². The first-order valence-corrected chi connectivity index (χ1v) is 17.4. The summed E-state index contributed by atoms with van der Waals surface area (Å²) >= 11 is 1.61. The van der Waals surface area contributed by atoms with Crippen molar-refractivity contribution < 1.29 is 9.59 Å². The summed E-state index contributed by atoms with van der Waals surface area (Å²) in [4.78, 5) is 39.6. The predicted octanol–water partition coefficient (Wildman–Crippen LogP) is 7.91. The minimum absolute atomic E-state index is 0.325. The number of hydrogen-bond donors (Lipinski definition) is 0. The third-order valence-electron chi connectivity index (χ3n) is 9.68. The maximum Gasteiger partial charge on any atom is 0.265 e. The van der Waals surface area contributed by atoms with Crippen molar-refractivity contribution in [3.05, 3.63) is 127 Å². The number of anilines is 2. The quantitative estimate of drug-likeness (QED) is 0.169. The zero-order valence-corrected chi connectivity index (χ0v) is 27.7. The van der Waals surface area contributed by atoms with E-state index in [1.165, 1.54) is 4.90 Å². The van der Waals surface area contributed by atoms with Crippen molar-refractivity contribution in [3.8, 4) is 27.5 Å². The summed E-state index contributed by atoms with van der Waals surface area (Å²) in [5, 5.41) is 7.57. The standard InChI is InChI=1S/C40H32N6O2S/c1-2-43-20-22-44(23-21-43)34-19-18-31-36-29(34)14-9-15-30(36)39(47)46(40(31)48)28-13-8-10-26(24-28)37-32(25-45(42-37)27-11-4-3-5-12-27)38-41-33-16-6-7-17-35(33)49-38/h3-19,24-25H,2,20-23H2,1H3. The van der Waals surface area contributed by atoms with Crippen LogP contribution in [0, 0.1) is 0 Å². The minimum atomic E-state index is -0.325. The summed E-state index contributed by atoms with van der Waals surface area (Å²) in [5.74, 6) is -0.649. The summed E-state index contributed by atoms with van der Waals surface area (Å²) in [5.41, 5.74) is 6.88. The van der Waals surface area contributed by atoms with Crippen LogP contribution < -0.4 is 9.80 Å². The van der Waals surface area contributed by atoms with Gasteiger partial charge in [-0.1, -0.05) is 61.5 Å². The van der Waals surface area contributed by atoms with Gasteiger partial charge in [0.25, 0.3) is 11.8 Å². The first kappa shape index (κ1) is 29.5. The second-order valence-corrected chi connectivity index (χ2v) is 13.5. The summed E-state index contributed by atoms with van der Waals surface area (Å²) in [7, 11) is 0. The second-order valence-electron chi connectivity index (χ2n) is 12.4. The molecule has 7 aromatic rings. The number of thiazole rings is 1. The van der Waals surface area contributed by atoms with Gasteiger partial charge in [0.1, 0.15) is 10.7 Å². The number of amides is 2. The molecular weight excluding hydrogens is 629 g/mol. The molecule has 0 spiro atoms. The number of fused-ring (bicyclic) bond motifs is 1. The predicted molar refractivity (Wildman–Crippen MR) is 197 cm³/mol. The fourth-order valence-corrected chi connectivity index (χ4v) is 8.11. The molecule has 2 aliphatic heterocycles. The molecule has 0 bridgehead atoms. The molecule has 2 aliphatic rings. The zero-order chi connectivity index (χ0) is 33.1. The van der Waals surface area contributed by atoms with Crippen molar-refractivity contribution in [2.24, 2.45) is 0 Å². The van der Waals surface area contributed by atoms with E-state index in [9.17, 15) is 9.59 Å². The highest BCUT2D eigenvalue weighted by Gasteiger charge is 2.35. The first-order chi connectivity index (χ1) is 24.1. The number of nitrogens with zero attached hydrogens (tertiary/aromatic N) is 6. The summed E-state index contributed by atoms with van der Waals surface area (Å²) in [6.07, 6.45) is 2.00. The molecule has 0 N–H and O–H groups in total. The van der Waals surface area contributed by atoms with Crippen LogP contribution >= 0.6 is 11.3 Å². The van der Waals surface area contributed by atoms with Gasteiger partial charge in [0.15, 0.2) is 0 Å². The van der Waals surface area contributed by atoms with Crippen molar-refractivity contribution in [2.75, 3.05) is 42.5 Å². The molecule has 0 unspecified atom stereocenters. The fraction of sp³-hybridized carbons (Fsp3) is 0.150. The van der Waals surface area contributed by atoms with E-state index in [1.807, 2.05) is 114 Å². The Hall–Kier alpha value is -5.64. The van der Waals surface area contributed by atoms with Crippen molar-refractivity contribution >= 4 is 55.5 Å². The largest absolute Gasteiger partial charge is 0.368 e. The van der Waals surface area contributed by atoms with E-state index in [1.54, 1.807) is 11.3 Å². The van der Waals surface area contributed by atoms with E-state index < -0.39 is 0 Å². The Morgan fingerprint density at radius 1 is 0.714 bits per heavy atom. The molecule has 4 heterocycles. The van der Waals surface area contributed by atoms with Gasteiger partial charge in [0.2, 0.25) is 0 Å². The highest BCUT2D eigenvalue weighted by molar-refractivity contribution is 7.21. The number of likely N-dealkylation sites (N-methyl/N-ethyl adjacent to an activating group) is 1. The lowest BCUT2D eigenvalue weighted by Crippen LogP contribution is -2.46. The molecule has 0 saturated carbocycles. The molecular formula is C40H32N6O2S. The van der Waals surface area contributed by atoms with Crippen LogP contribution in [-0.4, -0.2) is 64.2 Å². The molecule has 0 radical (unpaired) electrons. The average molecular weight is 661 g/mol. The molecule has 2 aromatic heterocycles. The average Bonchev–Trinajstić information content (AvgIpc) is 3.80. The number of benzene rings is 5. The van der Waals surface area contributed by atoms with E-state index in [-0.39, 0.29) is 11.8 Å². The van der Waals surface area contributed by atoms with Gasteiger partial charge in [-0.25, -0.2) is 14.6 Å². The second kappa shape index (κ2) is 11.8. The number of rotatable bonds is 6. The Balaban J connectivity index is 1.12. The molecule has 240 valence electrons. The highest BCUT2D eigenvalue weighted by Crippen LogP contribution is 2.40. The Labute approximate surface area is 287 Å². The van der Waals surface area contributed by atoms with Crippen LogP contribution in [0.2, 0.25) is 0 Å². The molecule has 2 amide bonds. The van der Waals surface area contributed by atoms with E-state index in [4.69, 9.17) is 10.1 Å². The van der Waals surface area contributed by atoms with Gasteiger partial charge in [-0.05, 0) is 61.1 Å². The van der Waals surface area contributed by atoms with Crippen LogP contribution in [-0.2, 0) is 0 Å². The molecule has 8 nitrogen and oxygen atoms in total. The first-order valence-electron chi connectivity index (χ1n) is 16.6. The summed E-state index contributed by atoms with van der Waals surface area (Å²) in [6, 6.07) is 35.3. The van der Waals surface area contributed by atoms with Crippen molar-refractivity contribution in [3.63, 3.8) is 0 Å². The molecule has 1 saturated heterocycles. The maximum absolute atomic E-state index is 14.3. The Morgan fingerprint density at radius 2 is 1.45 bits per heavy atom. The SMILES string of the molecule is CCN1CCN(c2ccc3c4c(cccc24)C(=O)N(c2cccc(-c4nn(-c5ccccc5)cc4-c4nc5ccccc5s4)c2)C3=O)CC1. The molecule has 5 aromatic carbocycles. The lowest BCUT2D eigenvalue weighted by molar-refractivity contribution is 0.0893. The number of imide groups is 1. The fourth-order valence-electron chi connectivity index (χ4n) is 7.13. The van der Waals surface area contributed by atoms with Crippen LogP contribution in [0.1, 0.15) is 27.6 Å². The number of hydrogen-bond acceptors (Lipinski definition) is 7. The molecule has 49 heavy (non-hydrogen) atoms. The maximum atomic E-state index is 14.3. The zero-order valence-electron chi connectivity index (χ0n) is 26.9. The van der Waals surface area contributed by atoms with Gasteiger partial charge in [-0.2, -0.15) is 5.10 Å². The number of aromatic nitrogens is 3. The van der Waals surface area contributed by atoms with Crippen LogP contribution in [0.15, 0.2) is 115 Å². The third kappa shape index (κ3) is 4.93. The van der Waals surface area contributed by atoms with Gasteiger partial charge in [-0.3, -0.25) is 9.59 Å². The number of para-hydroxylation sites is 2. The molecule has 0 atom stereocenters. The Bertz CT molecular complexity index is 2350. The van der Waals surface area contributed by atoms with Crippen molar-refractivity contribution in [2.45, 2.75) is 6.92 Å². The van der Waals surface area contributed by atoms with Crippen LogP contribution in [0.3, 0.4) is 0 Å². The topological polar surface area (TPSA) is 74.6 Å². The van der Waals surface area contributed by atoms with Gasteiger partial charge < -0.3 is 9.80 Å². The third-order valence-corrected chi connectivity index (χ3v) is 10.8. The Kier molecular flexibility index (Phi) is 7.10. The van der Waals surface area contributed by atoms with Crippen molar-refractivity contribution in [1.82, 2.24) is 19.7 Å². The van der Waals surface area contributed by atoms with Crippen LogP contribution in [0.25, 0.3) is 48.5 Å². The normalized spacial score (nSPS) is 15.1. The molecule has 9 heteroatoms. The minimum Gasteiger partial charge on any atom is -0.368 e. The van der Waals surface area contributed by atoms with Gasteiger partial charge in [-0.15, -0.1) is 11.3 Å². The monoisotopic (exact) mass is 660 g/mol. The molecule has 9 rings (SSSR count). The summed E-state index contributed by atoms with van der Waals surface area (Å²) in [6.45, 7) is 7.03. The van der Waals surface area contributed by atoms with Crippen LogP contribution in [0.5, 0.6) is 0 Å². The Morgan fingerprint density at radius 3 is 2.24 bits per heavy atom.